The van der Waals surface area contributed by atoms with E-state index in [4.69, 9.17) is 4.74 Å². The summed E-state index contributed by atoms with van der Waals surface area (Å²) in [5.41, 5.74) is 1.12. The number of methoxy groups -OCH3 is 1. The third-order valence-electron chi connectivity index (χ3n) is 4.11. The molecule has 106 valence electrons. The second-order valence-electron chi connectivity index (χ2n) is 5.32. The molecule has 1 aliphatic heterocycles. The molecule has 1 aliphatic rings. The Morgan fingerprint density at radius 2 is 2.00 bits per heavy atom. The van der Waals surface area contributed by atoms with Gasteiger partial charge >= 0.3 is 0 Å². The number of aromatic nitrogens is 1. The highest BCUT2D eigenvalue weighted by Gasteiger charge is 2.22. The quantitative estimate of drug-likeness (QED) is 0.859. The van der Waals surface area contributed by atoms with Gasteiger partial charge in [0.05, 0.1) is 6.10 Å². The molecule has 3 rings (SSSR count). The van der Waals surface area contributed by atoms with Crippen LogP contribution in [0.5, 0.6) is 0 Å². The van der Waals surface area contributed by atoms with Crippen molar-refractivity contribution in [2.24, 2.45) is 0 Å². The van der Waals surface area contributed by atoms with Gasteiger partial charge in [-0.25, -0.2) is 0 Å². The number of carbonyl (C=O) groups excluding carboxylic acids is 1. The van der Waals surface area contributed by atoms with Crippen molar-refractivity contribution in [2.45, 2.75) is 25.5 Å². The van der Waals surface area contributed by atoms with Crippen LogP contribution in [0.25, 0.3) is 10.9 Å². The standard InChI is InChI=1S/C16H20N2O2/c1-20-14-7-10-17(11-8-14)16(19)12-18-9-6-13-4-2-3-5-15(13)18/h2-6,9,14H,7-8,10-12H2,1H3. The Morgan fingerprint density at radius 3 is 2.75 bits per heavy atom. The maximum Gasteiger partial charge on any atom is 0.242 e. The lowest BCUT2D eigenvalue weighted by atomic mass is 10.1. The van der Waals surface area contributed by atoms with Crippen LogP contribution in [-0.2, 0) is 16.1 Å². The molecule has 0 unspecified atom stereocenters. The van der Waals surface area contributed by atoms with E-state index in [1.165, 1.54) is 5.39 Å². The summed E-state index contributed by atoms with van der Waals surface area (Å²) in [6, 6.07) is 10.2. The molecular formula is C16H20N2O2. The molecule has 4 heteroatoms. The Labute approximate surface area is 118 Å². The Bertz CT molecular complexity index is 597. The van der Waals surface area contributed by atoms with Crippen LogP contribution in [0.3, 0.4) is 0 Å². The predicted molar refractivity (Wildman–Crippen MR) is 78.5 cm³/mol. The van der Waals surface area contributed by atoms with Crippen molar-refractivity contribution in [2.75, 3.05) is 20.2 Å². The molecule has 0 spiro atoms. The van der Waals surface area contributed by atoms with Crippen LogP contribution in [0, 0.1) is 0 Å². The first-order chi connectivity index (χ1) is 9.78. The molecule has 4 nitrogen and oxygen atoms in total. The Morgan fingerprint density at radius 1 is 1.25 bits per heavy atom. The Hall–Kier alpha value is -1.81. The molecule has 2 heterocycles. The van der Waals surface area contributed by atoms with Crippen molar-refractivity contribution in [3.8, 4) is 0 Å². The molecule has 0 radical (unpaired) electrons. The minimum atomic E-state index is 0.195. The molecule has 0 bridgehead atoms. The first kappa shape index (κ1) is 13.2. The summed E-state index contributed by atoms with van der Waals surface area (Å²) in [5, 5.41) is 1.18. The summed E-state index contributed by atoms with van der Waals surface area (Å²) in [6.45, 7) is 2.03. The van der Waals surface area contributed by atoms with Crippen LogP contribution in [0.4, 0.5) is 0 Å². The van der Waals surface area contributed by atoms with E-state index in [9.17, 15) is 4.79 Å². The zero-order valence-electron chi connectivity index (χ0n) is 11.8. The van der Waals surface area contributed by atoms with E-state index in [1.807, 2.05) is 27.8 Å². The zero-order valence-corrected chi connectivity index (χ0v) is 11.8. The second kappa shape index (κ2) is 5.67. The largest absolute Gasteiger partial charge is 0.381 e. The zero-order chi connectivity index (χ0) is 13.9. The van der Waals surface area contributed by atoms with Gasteiger partial charge in [0.15, 0.2) is 0 Å². The van der Waals surface area contributed by atoms with E-state index in [2.05, 4.69) is 18.2 Å². The lowest BCUT2D eigenvalue weighted by Crippen LogP contribution is -2.42. The van der Waals surface area contributed by atoms with Crippen molar-refractivity contribution in [3.05, 3.63) is 36.5 Å². The molecule has 0 saturated carbocycles. The number of para-hydroxylation sites is 1. The topological polar surface area (TPSA) is 34.5 Å². The summed E-state index contributed by atoms with van der Waals surface area (Å²) in [5.74, 6) is 0.195. The van der Waals surface area contributed by atoms with Crippen molar-refractivity contribution >= 4 is 16.8 Å². The molecule has 0 N–H and O–H groups in total. The molecule has 1 fully saturated rings. The lowest BCUT2D eigenvalue weighted by molar-refractivity contribution is -0.134. The van der Waals surface area contributed by atoms with E-state index in [-0.39, 0.29) is 5.91 Å². The van der Waals surface area contributed by atoms with E-state index >= 15 is 0 Å². The fraction of sp³-hybridized carbons (Fsp3) is 0.438. The van der Waals surface area contributed by atoms with Gasteiger partial charge in [0.2, 0.25) is 5.91 Å². The van der Waals surface area contributed by atoms with Crippen LogP contribution in [0.1, 0.15) is 12.8 Å². The number of nitrogens with zero attached hydrogens (tertiary/aromatic N) is 2. The highest BCUT2D eigenvalue weighted by molar-refractivity contribution is 5.83. The van der Waals surface area contributed by atoms with Gasteiger partial charge in [-0.1, -0.05) is 18.2 Å². The maximum atomic E-state index is 12.4. The summed E-state index contributed by atoms with van der Waals surface area (Å²) in [7, 11) is 1.74. The highest BCUT2D eigenvalue weighted by Crippen LogP contribution is 2.17. The summed E-state index contributed by atoms with van der Waals surface area (Å²) in [4.78, 5) is 14.3. The van der Waals surface area contributed by atoms with Gasteiger partial charge in [-0.15, -0.1) is 0 Å². The minimum Gasteiger partial charge on any atom is -0.381 e. The van der Waals surface area contributed by atoms with E-state index < -0.39 is 0 Å². The number of amides is 1. The predicted octanol–water partition coefficient (Wildman–Crippen LogP) is 2.28. The van der Waals surface area contributed by atoms with E-state index in [0.29, 0.717) is 12.6 Å². The van der Waals surface area contributed by atoms with Crippen molar-refractivity contribution in [1.29, 1.82) is 0 Å². The summed E-state index contributed by atoms with van der Waals surface area (Å²) >= 11 is 0. The highest BCUT2D eigenvalue weighted by atomic mass is 16.5. The van der Waals surface area contributed by atoms with Gasteiger partial charge in [0.25, 0.3) is 0 Å². The normalized spacial score (nSPS) is 16.8. The molecule has 1 aromatic carbocycles. The third kappa shape index (κ3) is 2.56. The van der Waals surface area contributed by atoms with Gasteiger partial charge < -0.3 is 14.2 Å². The van der Waals surface area contributed by atoms with Crippen LogP contribution in [0.15, 0.2) is 36.5 Å². The number of carbonyl (C=O) groups is 1. The average molecular weight is 272 g/mol. The number of benzene rings is 1. The van der Waals surface area contributed by atoms with Crippen LogP contribution < -0.4 is 0 Å². The van der Waals surface area contributed by atoms with Crippen molar-refractivity contribution < 1.29 is 9.53 Å². The van der Waals surface area contributed by atoms with E-state index in [1.54, 1.807) is 7.11 Å². The molecule has 0 atom stereocenters. The number of rotatable bonds is 3. The number of piperidine rings is 1. The molecule has 1 amide bonds. The SMILES string of the molecule is COC1CCN(C(=O)Cn2ccc3ccccc32)CC1. The van der Waals surface area contributed by atoms with Gasteiger partial charge in [-0.3, -0.25) is 4.79 Å². The first-order valence-electron chi connectivity index (χ1n) is 7.12. The molecule has 1 aromatic heterocycles. The lowest BCUT2D eigenvalue weighted by Gasteiger charge is -2.31. The number of hydrogen-bond donors (Lipinski definition) is 0. The molecular weight excluding hydrogens is 252 g/mol. The number of fused-ring (bicyclic) bond motifs is 1. The average Bonchev–Trinajstić information content (AvgIpc) is 2.91. The van der Waals surface area contributed by atoms with Crippen LogP contribution in [-0.4, -0.2) is 41.7 Å². The molecule has 0 aliphatic carbocycles. The van der Waals surface area contributed by atoms with E-state index in [0.717, 1.165) is 31.4 Å². The van der Waals surface area contributed by atoms with Crippen molar-refractivity contribution in [3.63, 3.8) is 0 Å². The van der Waals surface area contributed by atoms with Gasteiger partial charge in [-0.2, -0.15) is 0 Å². The van der Waals surface area contributed by atoms with Crippen LogP contribution >= 0.6 is 0 Å². The smallest absolute Gasteiger partial charge is 0.242 e. The second-order valence-corrected chi connectivity index (χ2v) is 5.32. The summed E-state index contributed by atoms with van der Waals surface area (Å²) in [6.07, 6.45) is 4.18. The third-order valence-corrected chi connectivity index (χ3v) is 4.11. The van der Waals surface area contributed by atoms with Crippen molar-refractivity contribution in [1.82, 2.24) is 9.47 Å². The van der Waals surface area contributed by atoms with Gasteiger partial charge in [0, 0.05) is 31.9 Å². The summed E-state index contributed by atoms with van der Waals surface area (Å²) < 4.78 is 7.37. The number of ether oxygens (including phenoxy) is 1. The number of hydrogen-bond acceptors (Lipinski definition) is 2. The van der Waals surface area contributed by atoms with Crippen LogP contribution in [0.2, 0.25) is 0 Å². The fourth-order valence-corrected chi connectivity index (χ4v) is 2.87. The monoisotopic (exact) mass is 272 g/mol. The molecule has 1 saturated heterocycles. The minimum absolute atomic E-state index is 0.195. The maximum absolute atomic E-state index is 12.4. The Balaban J connectivity index is 1.67. The first-order valence-corrected chi connectivity index (χ1v) is 7.12. The van der Waals surface area contributed by atoms with Gasteiger partial charge in [-0.05, 0) is 30.4 Å². The molecule has 2 aromatic rings. The number of likely N-dealkylation sites (tertiary alicyclic amines) is 1. The Kier molecular flexibility index (Phi) is 3.74. The molecule has 20 heavy (non-hydrogen) atoms. The van der Waals surface area contributed by atoms with Gasteiger partial charge in [0.1, 0.15) is 6.54 Å². The fourth-order valence-electron chi connectivity index (χ4n) is 2.87.